The van der Waals surface area contributed by atoms with Crippen LogP contribution >= 0.6 is 36.4 Å². The van der Waals surface area contributed by atoms with Gasteiger partial charge < -0.3 is 16.0 Å². The Morgan fingerprint density at radius 2 is 1.73 bits per heavy atom. The van der Waals surface area contributed by atoms with Crippen LogP contribution in [0.5, 0.6) is 0 Å². The van der Waals surface area contributed by atoms with Crippen LogP contribution in [0.2, 0.25) is 5.02 Å². The van der Waals surface area contributed by atoms with E-state index in [-0.39, 0.29) is 59.0 Å². The van der Waals surface area contributed by atoms with Crippen molar-refractivity contribution in [3.63, 3.8) is 0 Å². The summed E-state index contributed by atoms with van der Waals surface area (Å²) in [5.74, 6) is -1.93. The standard InChI is InChI=1S/C22H17ClF4N6O2.2ClH/c23-16-6-14(32-17-2-1-13(24)5-15(17)22(25,26)27)9-30-18(16)10-31-20(35)21(3-4-21)33-19(34)12-7-28-11-29-8-12;;/h1-2,5-9,11,32H,3-4,10H2,(H,31,35)(H,33,34);2*1H. The summed E-state index contributed by atoms with van der Waals surface area (Å²) >= 11 is 6.21. The molecule has 15 heteroatoms. The fourth-order valence-corrected chi connectivity index (χ4v) is 3.49. The zero-order chi connectivity index (χ0) is 25.2. The molecule has 0 atom stereocenters. The number of pyridine rings is 1. The molecule has 0 radical (unpaired) electrons. The van der Waals surface area contributed by atoms with Crippen LogP contribution < -0.4 is 16.0 Å². The van der Waals surface area contributed by atoms with Crippen LogP contribution in [0.4, 0.5) is 28.9 Å². The maximum absolute atomic E-state index is 13.3. The number of hydrogen-bond donors (Lipinski definition) is 3. The Morgan fingerprint density at radius 1 is 1.05 bits per heavy atom. The highest BCUT2D eigenvalue weighted by Gasteiger charge is 2.51. The van der Waals surface area contributed by atoms with Gasteiger partial charge in [0, 0.05) is 12.4 Å². The Kier molecular flexibility index (Phi) is 9.64. The van der Waals surface area contributed by atoms with Crippen LogP contribution in [0.15, 0.2) is 49.2 Å². The van der Waals surface area contributed by atoms with E-state index in [0.29, 0.717) is 18.9 Å². The molecule has 4 rings (SSSR count). The molecule has 8 nitrogen and oxygen atoms in total. The summed E-state index contributed by atoms with van der Waals surface area (Å²) in [6.45, 7) is -0.0750. The third kappa shape index (κ3) is 7.18. The first-order chi connectivity index (χ1) is 16.6. The summed E-state index contributed by atoms with van der Waals surface area (Å²) in [5, 5.41) is 7.96. The Morgan fingerprint density at radius 3 is 2.32 bits per heavy atom. The SMILES string of the molecule is Cl.Cl.O=C(NC1(C(=O)NCc2ncc(Nc3ccc(F)cc3C(F)(F)F)cc2Cl)CC1)c1cncnc1. The predicted molar refractivity (Wildman–Crippen MR) is 132 cm³/mol. The van der Waals surface area contributed by atoms with Gasteiger partial charge in [0.15, 0.2) is 0 Å². The van der Waals surface area contributed by atoms with Crippen LogP contribution in [-0.2, 0) is 17.5 Å². The van der Waals surface area contributed by atoms with Crippen molar-refractivity contribution in [1.82, 2.24) is 25.6 Å². The third-order valence-corrected chi connectivity index (χ3v) is 5.59. The smallest absolute Gasteiger partial charge is 0.354 e. The summed E-state index contributed by atoms with van der Waals surface area (Å²) in [5.41, 5.74) is -1.99. The minimum atomic E-state index is -4.77. The zero-order valence-corrected chi connectivity index (χ0v) is 21.0. The number of alkyl halides is 3. The van der Waals surface area contributed by atoms with Crippen LogP contribution in [0, 0.1) is 5.82 Å². The van der Waals surface area contributed by atoms with E-state index in [1.54, 1.807) is 0 Å². The molecule has 1 fully saturated rings. The molecular formula is C22H19Cl3F4N6O2. The molecule has 198 valence electrons. The van der Waals surface area contributed by atoms with Crippen molar-refractivity contribution in [3.8, 4) is 0 Å². The summed E-state index contributed by atoms with van der Waals surface area (Å²) < 4.78 is 52.9. The molecule has 1 aliphatic carbocycles. The second-order valence-electron chi connectivity index (χ2n) is 7.81. The van der Waals surface area contributed by atoms with Gasteiger partial charge in [-0.25, -0.2) is 14.4 Å². The molecule has 2 amide bonds. The van der Waals surface area contributed by atoms with E-state index in [1.165, 1.54) is 31.0 Å². The maximum Gasteiger partial charge on any atom is 0.418 e. The van der Waals surface area contributed by atoms with Crippen LogP contribution in [0.25, 0.3) is 0 Å². The van der Waals surface area contributed by atoms with Gasteiger partial charge in [0.1, 0.15) is 17.7 Å². The van der Waals surface area contributed by atoms with Crippen molar-refractivity contribution in [2.45, 2.75) is 31.1 Å². The normalized spacial score (nSPS) is 13.4. The average molecular weight is 582 g/mol. The van der Waals surface area contributed by atoms with E-state index in [9.17, 15) is 27.2 Å². The van der Waals surface area contributed by atoms with Gasteiger partial charge in [-0.05, 0) is 37.1 Å². The predicted octanol–water partition coefficient (Wildman–Crippen LogP) is 4.85. The molecule has 1 aromatic carbocycles. The number of halogens is 7. The number of hydrogen-bond acceptors (Lipinski definition) is 6. The highest BCUT2D eigenvalue weighted by Crippen LogP contribution is 2.37. The number of amides is 2. The minimum absolute atomic E-state index is 0. The van der Waals surface area contributed by atoms with Crippen molar-refractivity contribution >= 4 is 59.6 Å². The Bertz CT molecular complexity index is 1280. The topological polar surface area (TPSA) is 109 Å². The van der Waals surface area contributed by atoms with E-state index >= 15 is 0 Å². The second-order valence-corrected chi connectivity index (χ2v) is 8.22. The monoisotopic (exact) mass is 580 g/mol. The fourth-order valence-electron chi connectivity index (χ4n) is 3.25. The van der Waals surface area contributed by atoms with E-state index < -0.39 is 34.9 Å². The van der Waals surface area contributed by atoms with Crippen molar-refractivity contribution in [2.24, 2.45) is 0 Å². The largest absolute Gasteiger partial charge is 0.418 e. The maximum atomic E-state index is 13.3. The number of aromatic nitrogens is 3. The number of carbonyl (C=O) groups excluding carboxylic acids is 2. The molecule has 1 aliphatic rings. The molecular weight excluding hydrogens is 563 g/mol. The quantitative estimate of drug-likeness (QED) is 0.344. The molecule has 0 saturated heterocycles. The molecule has 0 aliphatic heterocycles. The van der Waals surface area contributed by atoms with Crippen molar-refractivity contribution in [1.29, 1.82) is 0 Å². The first-order valence-electron chi connectivity index (χ1n) is 10.2. The van der Waals surface area contributed by atoms with Crippen molar-refractivity contribution in [3.05, 3.63) is 76.8 Å². The molecule has 0 unspecified atom stereocenters. The van der Waals surface area contributed by atoms with Crippen molar-refractivity contribution < 1.29 is 27.2 Å². The molecule has 3 N–H and O–H groups in total. The Hall–Kier alpha value is -3.22. The van der Waals surface area contributed by atoms with Crippen LogP contribution in [-0.4, -0.2) is 32.3 Å². The van der Waals surface area contributed by atoms with Gasteiger partial charge in [0.25, 0.3) is 5.91 Å². The Labute approximate surface area is 225 Å². The number of rotatable bonds is 7. The van der Waals surface area contributed by atoms with Crippen molar-refractivity contribution in [2.75, 3.05) is 5.32 Å². The lowest BCUT2D eigenvalue weighted by atomic mass is 10.1. The second kappa shape index (κ2) is 11.9. The summed E-state index contributed by atoms with van der Waals surface area (Å²) in [4.78, 5) is 36.6. The van der Waals surface area contributed by atoms with Crippen LogP contribution in [0.3, 0.4) is 0 Å². The highest BCUT2D eigenvalue weighted by atomic mass is 35.5. The number of nitrogens with zero attached hydrogens (tertiary/aromatic N) is 3. The van der Waals surface area contributed by atoms with Gasteiger partial charge in [-0.2, -0.15) is 13.2 Å². The number of anilines is 2. The van der Waals surface area contributed by atoms with Crippen LogP contribution in [0.1, 0.15) is 34.5 Å². The minimum Gasteiger partial charge on any atom is -0.354 e. The molecule has 3 aromatic rings. The summed E-state index contributed by atoms with van der Waals surface area (Å²) in [6, 6.07) is 3.58. The lowest BCUT2D eigenvalue weighted by Gasteiger charge is -2.18. The van der Waals surface area contributed by atoms with E-state index in [0.717, 1.165) is 12.1 Å². The summed E-state index contributed by atoms with van der Waals surface area (Å²) in [6.07, 6.45) is 1.30. The van der Waals surface area contributed by atoms with E-state index in [1.807, 2.05) is 0 Å². The van der Waals surface area contributed by atoms with Gasteiger partial charge in [-0.3, -0.25) is 14.6 Å². The van der Waals surface area contributed by atoms with E-state index in [2.05, 4.69) is 30.9 Å². The third-order valence-electron chi connectivity index (χ3n) is 5.26. The lowest BCUT2D eigenvalue weighted by molar-refractivity contribution is -0.137. The van der Waals surface area contributed by atoms with E-state index in [4.69, 9.17) is 11.6 Å². The Balaban J connectivity index is 0.00000241. The molecule has 1 saturated carbocycles. The number of benzene rings is 1. The van der Waals surface area contributed by atoms with Gasteiger partial charge in [0.05, 0.1) is 46.0 Å². The first kappa shape index (κ1) is 30.0. The molecule has 0 bridgehead atoms. The number of carbonyl (C=O) groups is 2. The average Bonchev–Trinajstić information content (AvgIpc) is 3.60. The lowest BCUT2D eigenvalue weighted by Crippen LogP contribution is -2.48. The molecule has 2 heterocycles. The first-order valence-corrected chi connectivity index (χ1v) is 10.6. The zero-order valence-electron chi connectivity index (χ0n) is 18.6. The highest BCUT2D eigenvalue weighted by molar-refractivity contribution is 6.31. The molecule has 37 heavy (non-hydrogen) atoms. The van der Waals surface area contributed by atoms with Gasteiger partial charge in [-0.15, -0.1) is 24.8 Å². The summed E-state index contributed by atoms with van der Waals surface area (Å²) in [7, 11) is 0. The fraction of sp³-hybridized carbons (Fsp3) is 0.227. The van der Waals surface area contributed by atoms with Gasteiger partial charge >= 0.3 is 6.18 Å². The van der Waals surface area contributed by atoms with Gasteiger partial charge in [0.2, 0.25) is 5.91 Å². The molecule has 0 spiro atoms. The van der Waals surface area contributed by atoms with Gasteiger partial charge in [-0.1, -0.05) is 11.6 Å². The molecule has 2 aromatic heterocycles. The number of nitrogens with one attached hydrogen (secondary N) is 3.